The summed E-state index contributed by atoms with van der Waals surface area (Å²) in [5.41, 5.74) is -0.0993. The first kappa shape index (κ1) is 12.5. The third kappa shape index (κ3) is 3.47. The van der Waals surface area contributed by atoms with Gasteiger partial charge in [-0.15, -0.1) is 0 Å². The highest BCUT2D eigenvalue weighted by atomic mass is 16.5. The Kier molecular flexibility index (Phi) is 4.54. The number of hydrogen-bond donors (Lipinski definition) is 2. The zero-order valence-electron chi connectivity index (χ0n) is 9.93. The smallest absolute Gasteiger partial charge is 0.250 e. The van der Waals surface area contributed by atoms with Crippen LogP contribution >= 0.6 is 0 Å². The van der Waals surface area contributed by atoms with Gasteiger partial charge in [-0.1, -0.05) is 13.8 Å². The highest BCUT2D eigenvalue weighted by molar-refractivity contribution is 5.81. The second-order valence-electron chi connectivity index (χ2n) is 4.32. The molecule has 4 heteroatoms. The SMILES string of the molecule is CCC(C)(CC)NC(=O)[C@@H]1CNCCO1. The molecule has 1 atom stereocenters. The highest BCUT2D eigenvalue weighted by Crippen LogP contribution is 2.14. The van der Waals surface area contributed by atoms with Gasteiger partial charge in [-0.2, -0.15) is 0 Å². The predicted octanol–water partition coefficient (Wildman–Crippen LogP) is 0.670. The van der Waals surface area contributed by atoms with Gasteiger partial charge in [-0.3, -0.25) is 4.79 Å². The zero-order chi connectivity index (χ0) is 11.3. The second kappa shape index (κ2) is 5.47. The average molecular weight is 214 g/mol. The Balaban J connectivity index is 2.46. The summed E-state index contributed by atoms with van der Waals surface area (Å²) in [6.45, 7) is 8.32. The Bertz CT molecular complexity index is 209. The molecule has 1 saturated heterocycles. The molecule has 2 N–H and O–H groups in total. The van der Waals surface area contributed by atoms with Gasteiger partial charge in [0.15, 0.2) is 0 Å². The molecule has 0 radical (unpaired) electrons. The van der Waals surface area contributed by atoms with Crippen LogP contribution < -0.4 is 10.6 Å². The number of nitrogens with one attached hydrogen (secondary N) is 2. The van der Waals surface area contributed by atoms with Crippen LogP contribution in [-0.4, -0.2) is 37.2 Å². The summed E-state index contributed by atoms with van der Waals surface area (Å²) in [7, 11) is 0. The number of ether oxygens (including phenoxy) is 1. The van der Waals surface area contributed by atoms with Crippen LogP contribution in [0, 0.1) is 0 Å². The molecule has 0 aromatic rings. The molecule has 4 nitrogen and oxygen atoms in total. The van der Waals surface area contributed by atoms with Crippen LogP contribution in [0.15, 0.2) is 0 Å². The fourth-order valence-electron chi connectivity index (χ4n) is 1.54. The molecule has 0 unspecified atom stereocenters. The van der Waals surface area contributed by atoms with Crippen molar-refractivity contribution in [2.75, 3.05) is 19.7 Å². The lowest BCUT2D eigenvalue weighted by atomic mass is 9.95. The third-order valence-corrected chi connectivity index (χ3v) is 3.21. The second-order valence-corrected chi connectivity index (χ2v) is 4.32. The molecule has 0 spiro atoms. The van der Waals surface area contributed by atoms with Crippen molar-refractivity contribution in [3.05, 3.63) is 0 Å². The fourth-order valence-corrected chi connectivity index (χ4v) is 1.54. The minimum Gasteiger partial charge on any atom is -0.366 e. The lowest BCUT2D eigenvalue weighted by Gasteiger charge is -2.31. The van der Waals surface area contributed by atoms with E-state index in [0.29, 0.717) is 13.2 Å². The van der Waals surface area contributed by atoms with Crippen molar-refractivity contribution in [2.24, 2.45) is 0 Å². The lowest BCUT2D eigenvalue weighted by Crippen LogP contribution is -2.54. The van der Waals surface area contributed by atoms with E-state index < -0.39 is 0 Å². The van der Waals surface area contributed by atoms with Crippen LogP contribution in [0.4, 0.5) is 0 Å². The van der Waals surface area contributed by atoms with Crippen molar-refractivity contribution >= 4 is 5.91 Å². The van der Waals surface area contributed by atoms with E-state index in [1.165, 1.54) is 0 Å². The van der Waals surface area contributed by atoms with E-state index in [9.17, 15) is 4.79 Å². The lowest BCUT2D eigenvalue weighted by molar-refractivity contribution is -0.136. The van der Waals surface area contributed by atoms with Crippen molar-refractivity contribution < 1.29 is 9.53 Å². The Hall–Kier alpha value is -0.610. The van der Waals surface area contributed by atoms with Crippen LogP contribution in [-0.2, 0) is 9.53 Å². The van der Waals surface area contributed by atoms with Crippen LogP contribution in [0.1, 0.15) is 33.6 Å². The molecule has 0 aromatic heterocycles. The number of amides is 1. The van der Waals surface area contributed by atoms with Gasteiger partial charge < -0.3 is 15.4 Å². The maximum Gasteiger partial charge on any atom is 0.250 e. The molecule has 1 aliphatic rings. The number of morpholine rings is 1. The first-order chi connectivity index (χ1) is 7.11. The molecule has 0 aromatic carbocycles. The predicted molar refractivity (Wildman–Crippen MR) is 59.7 cm³/mol. The Morgan fingerprint density at radius 1 is 1.53 bits per heavy atom. The van der Waals surface area contributed by atoms with E-state index in [2.05, 4.69) is 31.4 Å². The summed E-state index contributed by atoms with van der Waals surface area (Å²) < 4.78 is 5.40. The first-order valence-electron chi connectivity index (χ1n) is 5.75. The van der Waals surface area contributed by atoms with Gasteiger partial charge in [0.25, 0.3) is 5.91 Å². The van der Waals surface area contributed by atoms with Gasteiger partial charge in [0, 0.05) is 18.6 Å². The zero-order valence-corrected chi connectivity index (χ0v) is 9.93. The molecule has 1 amide bonds. The normalized spacial score (nSPS) is 22.5. The van der Waals surface area contributed by atoms with Crippen LogP contribution in [0.25, 0.3) is 0 Å². The molecule has 1 fully saturated rings. The van der Waals surface area contributed by atoms with Crippen molar-refractivity contribution in [1.82, 2.24) is 10.6 Å². The summed E-state index contributed by atoms with van der Waals surface area (Å²) in [5, 5.41) is 6.21. The van der Waals surface area contributed by atoms with Gasteiger partial charge in [-0.25, -0.2) is 0 Å². The van der Waals surface area contributed by atoms with E-state index in [0.717, 1.165) is 19.4 Å². The minimum absolute atomic E-state index is 0.00778. The van der Waals surface area contributed by atoms with Crippen LogP contribution in [0.2, 0.25) is 0 Å². The van der Waals surface area contributed by atoms with Crippen molar-refractivity contribution in [2.45, 2.75) is 45.3 Å². The number of carbonyl (C=O) groups excluding carboxylic acids is 1. The average Bonchev–Trinajstić information content (AvgIpc) is 2.30. The third-order valence-electron chi connectivity index (χ3n) is 3.21. The molecule has 1 aliphatic heterocycles. The van der Waals surface area contributed by atoms with Gasteiger partial charge in [-0.05, 0) is 19.8 Å². The number of carbonyl (C=O) groups is 1. The molecular formula is C11H22N2O2. The summed E-state index contributed by atoms with van der Waals surface area (Å²) in [6, 6.07) is 0. The summed E-state index contributed by atoms with van der Waals surface area (Å²) in [5.74, 6) is 0.00778. The maximum atomic E-state index is 11.9. The fraction of sp³-hybridized carbons (Fsp3) is 0.909. The van der Waals surface area contributed by atoms with Gasteiger partial charge in [0.1, 0.15) is 6.10 Å². The minimum atomic E-state index is -0.323. The highest BCUT2D eigenvalue weighted by Gasteiger charge is 2.28. The van der Waals surface area contributed by atoms with Crippen LogP contribution in [0.3, 0.4) is 0 Å². The maximum absolute atomic E-state index is 11.9. The van der Waals surface area contributed by atoms with Crippen molar-refractivity contribution in [3.8, 4) is 0 Å². The largest absolute Gasteiger partial charge is 0.366 e. The van der Waals surface area contributed by atoms with E-state index in [4.69, 9.17) is 4.74 Å². The Morgan fingerprint density at radius 2 is 2.20 bits per heavy atom. The first-order valence-corrected chi connectivity index (χ1v) is 5.75. The van der Waals surface area contributed by atoms with Crippen molar-refractivity contribution in [1.29, 1.82) is 0 Å². The summed E-state index contributed by atoms with van der Waals surface area (Å²) >= 11 is 0. The number of hydrogen-bond acceptors (Lipinski definition) is 3. The standard InChI is InChI=1S/C11H22N2O2/c1-4-11(3,5-2)13-10(14)9-8-12-6-7-15-9/h9,12H,4-8H2,1-3H3,(H,13,14)/t9-/m0/s1. The van der Waals surface area contributed by atoms with E-state index in [1.54, 1.807) is 0 Å². The van der Waals surface area contributed by atoms with E-state index >= 15 is 0 Å². The van der Waals surface area contributed by atoms with E-state index in [-0.39, 0.29) is 17.6 Å². The molecule has 0 saturated carbocycles. The Morgan fingerprint density at radius 3 is 2.67 bits per heavy atom. The monoisotopic (exact) mass is 214 g/mol. The molecule has 1 heterocycles. The van der Waals surface area contributed by atoms with Gasteiger partial charge >= 0.3 is 0 Å². The molecule has 88 valence electrons. The van der Waals surface area contributed by atoms with Gasteiger partial charge in [0.05, 0.1) is 6.61 Å². The van der Waals surface area contributed by atoms with Crippen LogP contribution in [0.5, 0.6) is 0 Å². The quantitative estimate of drug-likeness (QED) is 0.723. The molecule has 1 rings (SSSR count). The van der Waals surface area contributed by atoms with Crippen molar-refractivity contribution in [3.63, 3.8) is 0 Å². The number of rotatable bonds is 4. The Labute approximate surface area is 91.8 Å². The molecule has 15 heavy (non-hydrogen) atoms. The summed E-state index contributed by atoms with van der Waals surface area (Å²) in [4.78, 5) is 11.9. The molecular weight excluding hydrogens is 192 g/mol. The van der Waals surface area contributed by atoms with Gasteiger partial charge in [0.2, 0.25) is 0 Å². The topological polar surface area (TPSA) is 50.4 Å². The van der Waals surface area contributed by atoms with E-state index in [1.807, 2.05) is 0 Å². The summed E-state index contributed by atoms with van der Waals surface area (Å²) in [6.07, 6.45) is 1.56. The molecule has 0 bridgehead atoms. The molecule has 0 aliphatic carbocycles.